The Labute approximate surface area is 154 Å². The molecular weight excluding hydrogens is 328 g/mol. The van der Waals surface area contributed by atoms with Gasteiger partial charge in [-0.3, -0.25) is 29.4 Å². The molecule has 5 aliphatic rings. The van der Waals surface area contributed by atoms with Crippen LogP contribution in [0.4, 0.5) is 0 Å². The lowest BCUT2D eigenvalue weighted by Gasteiger charge is -2.42. The first-order valence-electron chi connectivity index (χ1n) is 10.0. The van der Waals surface area contributed by atoms with E-state index in [-0.39, 0.29) is 46.9 Å². The Balaban J connectivity index is 1.38. The van der Waals surface area contributed by atoms with Gasteiger partial charge in [-0.1, -0.05) is 27.7 Å². The summed E-state index contributed by atoms with van der Waals surface area (Å²) in [6.07, 6.45) is 0. The average molecular weight is 356 g/mol. The second-order valence-corrected chi connectivity index (χ2v) is 9.42. The van der Waals surface area contributed by atoms with Crippen LogP contribution in [0, 0.1) is 40.9 Å². The molecule has 0 aromatic heterocycles. The highest BCUT2D eigenvalue weighted by molar-refractivity contribution is 6.14. The second-order valence-electron chi connectivity index (χ2n) is 9.42. The molecule has 140 valence electrons. The van der Waals surface area contributed by atoms with Crippen LogP contribution in [-0.2, 0) is 9.59 Å². The first kappa shape index (κ1) is 16.5. The minimum absolute atomic E-state index is 0.0135. The lowest BCUT2D eigenvalue weighted by Crippen LogP contribution is -2.45. The van der Waals surface area contributed by atoms with Crippen molar-refractivity contribution in [2.75, 3.05) is 19.6 Å². The smallest absolute Gasteiger partial charge is 0.232 e. The van der Waals surface area contributed by atoms with Crippen molar-refractivity contribution in [1.29, 1.82) is 0 Å². The largest absolute Gasteiger partial charge is 0.298 e. The Hall–Kier alpha value is -1.72. The zero-order valence-corrected chi connectivity index (χ0v) is 16.3. The third kappa shape index (κ3) is 1.78. The third-order valence-electron chi connectivity index (χ3n) is 7.81. The van der Waals surface area contributed by atoms with Crippen LogP contribution < -0.4 is 0 Å². The summed E-state index contributed by atoms with van der Waals surface area (Å²) in [5.41, 5.74) is 0.0591. The van der Waals surface area contributed by atoms with Crippen molar-refractivity contribution in [3.8, 4) is 0 Å². The Kier molecular flexibility index (Phi) is 3.14. The number of amides is 2. The molecule has 2 saturated carbocycles. The van der Waals surface area contributed by atoms with E-state index in [4.69, 9.17) is 9.98 Å². The summed E-state index contributed by atoms with van der Waals surface area (Å²) < 4.78 is 0. The zero-order chi connectivity index (χ0) is 18.5. The van der Waals surface area contributed by atoms with E-state index in [0.29, 0.717) is 31.5 Å². The molecule has 0 N–H and O–H groups in total. The highest BCUT2D eigenvalue weighted by Gasteiger charge is 2.72. The average Bonchev–Trinajstić information content (AvgIpc) is 2.90. The summed E-state index contributed by atoms with van der Waals surface area (Å²) >= 11 is 0. The number of fused-ring (bicyclic) bond motifs is 4. The van der Waals surface area contributed by atoms with Gasteiger partial charge in [-0.15, -0.1) is 0 Å². The Bertz CT molecular complexity index is 770. The van der Waals surface area contributed by atoms with Crippen LogP contribution in [0.5, 0.6) is 0 Å². The SMILES string of the molecule is CC/N=C1/C2C(C)C(C)C2C(=O)N1CC1CN2C(=O)C3C(C2=N1)C3(C)C. The van der Waals surface area contributed by atoms with Crippen LogP contribution in [0.25, 0.3) is 0 Å². The van der Waals surface area contributed by atoms with Crippen LogP contribution in [0.2, 0.25) is 0 Å². The van der Waals surface area contributed by atoms with Crippen LogP contribution in [0.1, 0.15) is 34.6 Å². The van der Waals surface area contributed by atoms with Gasteiger partial charge in [0, 0.05) is 18.4 Å². The second kappa shape index (κ2) is 4.96. The molecule has 2 amide bonds. The van der Waals surface area contributed by atoms with Crippen molar-refractivity contribution in [2.24, 2.45) is 50.9 Å². The quantitative estimate of drug-likeness (QED) is 0.772. The topological polar surface area (TPSA) is 65.3 Å². The van der Waals surface area contributed by atoms with Crippen molar-refractivity contribution in [3.05, 3.63) is 0 Å². The number of hydrogen-bond acceptors (Lipinski definition) is 4. The van der Waals surface area contributed by atoms with Gasteiger partial charge in [-0.05, 0) is 24.2 Å². The van der Waals surface area contributed by atoms with Gasteiger partial charge in [-0.2, -0.15) is 0 Å². The first-order chi connectivity index (χ1) is 12.3. The van der Waals surface area contributed by atoms with E-state index in [9.17, 15) is 9.59 Å². The molecule has 0 bridgehead atoms. The van der Waals surface area contributed by atoms with E-state index < -0.39 is 0 Å². The highest BCUT2D eigenvalue weighted by atomic mass is 16.2. The van der Waals surface area contributed by atoms with Gasteiger partial charge in [0.15, 0.2) is 0 Å². The number of nitrogens with zero attached hydrogens (tertiary/aromatic N) is 4. The number of carbonyl (C=O) groups is 2. The van der Waals surface area contributed by atoms with Gasteiger partial charge in [0.2, 0.25) is 11.8 Å². The summed E-state index contributed by atoms with van der Waals surface area (Å²) in [4.78, 5) is 39.0. The molecule has 3 heterocycles. The van der Waals surface area contributed by atoms with E-state index >= 15 is 0 Å². The summed E-state index contributed by atoms with van der Waals surface area (Å²) in [6, 6.07) is -0.0135. The fraction of sp³-hybridized carbons (Fsp3) is 0.800. The van der Waals surface area contributed by atoms with Crippen molar-refractivity contribution in [3.63, 3.8) is 0 Å². The fourth-order valence-electron chi connectivity index (χ4n) is 6.06. The van der Waals surface area contributed by atoms with E-state index in [0.717, 1.165) is 11.7 Å². The number of hydrogen-bond donors (Lipinski definition) is 0. The molecule has 7 unspecified atom stereocenters. The highest BCUT2D eigenvalue weighted by Crippen LogP contribution is 2.64. The number of piperidine rings is 1. The summed E-state index contributed by atoms with van der Waals surface area (Å²) in [7, 11) is 0. The summed E-state index contributed by atoms with van der Waals surface area (Å²) in [6.45, 7) is 12.6. The molecular formula is C20H28N4O2. The third-order valence-corrected chi connectivity index (χ3v) is 7.81. The Morgan fingerprint density at radius 2 is 1.81 bits per heavy atom. The van der Waals surface area contributed by atoms with Gasteiger partial charge in [-0.25, -0.2) is 0 Å². The predicted octanol–water partition coefficient (Wildman–Crippen LogP) is 1.66. The number of likely N-dealkylation sites (tertiary alicyclic amines) is 1. The molecule has 6 heteroatoms. The van der Waals surface area contributed by atoms with Crippen molar-refractivity contribution in [2.45, 2.75) is 40.7 Å². The van der Waals surface area contributed by atoms with Gasteiger partial charge in [0.05, 0.1) is 31.0 Å². The molecule has 4 fully saturated rings. The number of amidine groups is 2. The molecule has 2 aliphatic carbocycles. The summed E-state index contributed by atoms with van der Waals surface area (Å²) in [5, 5.41) is 0. The van der Waals surface area contributed by atoms with Gasteiger partial charge >= 0.3 is 0 Å². The maximum absolute atomic E-state index is 13.0. The van der Waals surface area contributed by atoms with Crippen LogP contribution >= 0.6 is 0 Å². The standard InChI is InChI=1S/C20H28N4O2/c1-6-21-16-12-9(2)10(3)13(12)18(25)23(16)7-11-8-24-17(22-11)14-15(19(24)26)20(14,4)5/h9-15H,6-8H2,1-5H3/b21-16-. The molecule has 0 aromatic carbocycles. The molecule has 26 heavy (non-hydrogen) atoms. The molecule has 7 atom stereocenters. The van der Waals surface area contributed by atoms with Gasteiger partial charge in [0.1, 0.15) is 11.7 Å². The van der Waals surface area contributed by atoms with E-state index in [2.05, 4.69) is 27.7 Å². The fourth-order valence-corrected chi connectivity index (χ4v) is 6.06. The first-order valence-corrected chi connectivity index (χ1v) is 10.0. The Morgan fingerprint density at radius 3 is 2.50 bits per heavy atom. The zero-order valence-electron chi connectivity index (χ0n) is 16.3. The van der Waals surface area contributed by atoms with E-state index in [1.165, 1.54) is 0 Å². The van der Waals surface area contributed by atoms with E-state index in [1.807, 2.05) is 16.7 Å². The van der Waals surface area contributed by atoms with Gasteiger partial charge in [0.25, 0.3) is 0 Å². The minimum atomic E-state index is -0.0135. The normalized spacial score (nSPS) is 46.3. The molecule has 5 rings (SSSR count). The maximum Gasteiger partial charge on any atom is 0.232 e. The van der Waals surface area contributed by atoms with Crippen LogP contribution in [-0.4, -0.2) is 59.0 Å². The molecule has 0 radical (unpaired) electrons. The number of rotatable bonds is 3. The van der Waals surface area contributed by atoms with Crippen LogP contribution in [0.3, 0.4) is 0 Å². The lowest BCUT2D eigenvalue weighted by molar-refractivity contribution is -0.136. The molecule has 6 nitrogen and oxygen atoms in total. The van der Waals surface area contributed by atoms with Crippen molar-refractivity contribution in [1.82, 2.24) is 9.80 Å². The van der Waals surface area contributed by atoms with Gasteiger partial charge < -0.3 is 0 Å². The maximum atomic E-state index is 13.0. The monoisotopic (exact) mass is 356 g/mol. The van der Waals surface area contributed by atoms with Crippen molar-refractivity contribution >= 4 is 23.5 Å². The number of aliphatic imine (C=N–C) groups is 2. The number of carbonyl (C=O) groups excluding carboxylic acids is 2. The molecule has 0 aromatic rings. The van der Waals surface area contributed by atoms with Crippen LogP contribution in [0.15, 0.2) is 9.98 Å². The van der Waals surface area contributed by atoms with E-state index in [1.54, 1.807) is 0 Å². The predicted molar refractivity (Wildman–Crippen MR) is 98.7 cm³/mol. The lowest BCUT2D eigenvalue weighted by atomic mass is 9.59. The minimum Gasteiger partial charge on any atom is -0.298 e. The molecule has 3 aliphatic heterocycles. The molecule has 2 saturated heterocycles. The molecule has 0 spiro atoms. The summed E-state index contributed by atoms with van der Waals surface area (Å²) in [5.74, 6) is 4.11. The Morgan fingerprint density at radius 1 is 1.12 bits per heavy atom. The van der Waals surface area contributed by atoms with Crippen molar-refractivity contribution < 1.29 is 9.59 Å².